The van der Waals surface area contributed by atoms with Crippen LogP contribution in [0.15, 0.2) is 84.9 Å². The molecule has 0 aromatic heterocycles. The third-order valence-electron chi connectivity index (χ3n) is 11.5. The molecular formula is C40H38N2O2. The maximum atomic E-state index is 13.6. The Morgan fingerprint density at radius 3 is 1.48 bits per heavy atom. The van der Waals surface area contributed by atoms with Crippen molar-refractivity contribution < 1.29 is 9.59 Å². The number of hydrogen-bond acceptors (Lipinski definition) is 2. The van der Waals surface area contributed by atoms with Crippen LogP contribution in [0.1, 0.15) is 73.6 Å². The molecule has 0 heterocycles. The number of carbonyl (C=O) groups is 2. The van der Waals surface area contributed by atoms with Crippen LogP contribution in [0.4, 0.5) is 11.4 Å². The van der Waals surface area contributed by atoms with Crippen molar-refractivity contribution in [3.8, 4) is 22.3 Å². The van der Waals surface area contributed by atoms with E-state index >= 15 is 0 Å². The Hall–Kier alpha value is -4.18. The monoisotopic (exact) mass is 578 g/mol. The summed E-state index contributed by atoms with van der Waals surface area (Å²) in [5, 5.41) is 6.55. The molecule has 6 aliphatic carbocycles. The highest BCUT2D eigenvalue weighted by Crippen LogP contribution is 2.67. The molecule has 4 saturated carbocycles. The topological polar surface area (TPSA) is 58.2 Å². The number of hydrogen-bond donors (Lipinski definition) is 2. The molecule has 220 valence electrons. The molecule has 4 aromatic carbocycles. The van der Waals surface area contributed by atoms with Crippen LogP contribution in [-0.2, 0) is 22.4 Å². The van der Waals surface area contributed by atoms with Gasteiger partial charge in [-0.1, -0.05) is 60.7 Å². The van der Waals surface area contributed by atoms with E-state index in [9.17, 15) is 9.59 Å². The van der Waals surface area contributed by atoms with E-state index in [0.717, 1.165) is 56.3 Å². The van der Waals surface area contributed by atoms with Gasteiger partial charge < -0.3 is 10.6 Å². The first-order valence-corrected chi connectivity index (χ1v) is 16.4. The van der Waals surface area contributed by atoms with Crippen LogP contribution >= 0.6 is 0 Å². The lowest BCUT2D eigenvalue weighted by molar-refractivity contribution is -0.142. The van der Waals surface area contributed by atoms with Crippen LogP contribution in [0.2, 0.25) is 0 Å². The highest BCUT2D eigenvalue weighted by Gasteiger charge is 2.58. The van der Waals surface area contributed by atoms with Crippen LogP contribution in [0.3, 0.4) is 0 Å². The molecule has 0 aliphatic heterocycles. The van der Waals surface area contributed by atoms with Gasteiger partial charge in [0.25, 0.3) is 0 Å². The van der Waals surface area contributed by atoms with Crippen LogP contribution < -0.4 is 10.6 Å². The number of carbonyl (C=O) groups excluding carboxylic acids is 2. The molecule has 10 rings (SSSR count). The summed E-state index contributed by atoms with van der Waals surface area (Å²) in [6, 6.07) is 29.9. The summed E-state index contributed by atoms with van der Waals surface area (Å²) in [7, 11) is 0. The second kappa shape index (κ2) is 9.66. The third kappa shape index (κ3) is 4.41. The predicted molar refractivity (Wildman–Crippen MR) is 175 cm³/mol. The van der Waals surface area contributed by atoms with Gasteiger partial charge in [-0.15, -0.1) is 0 Å². The number of anilines is 2. The zero-order valence-electron chi connectivity index (χ0n) is 25.1. The van der Waals surface area contributed by atoms with Gasteiger partial charge in [-0.2, -0.15) is 0 Å². The summed E-state index contributed by atoms with van der Waals surface area (Å²) in [6.07, 6.45) is 9.80. The molecule has 0 unspecified atom stereocenters. The van der Waals surface area contributed by atoms with E-state index in [4.69, 9.17) is 0 Å². The maximum Gasteiger partial charge on any atom is 0.224 e. The van der Waals surface area contributed by atoms with E-state index in [0.29, 0.717) is 24.7 Å². The lowest BCUT2D eigenvalue weighted by atomic mass is 9.43. The Morgan fingerprint density at radius 1 is 0.568 bits per heavy atom. The Labute approximate surface area is 259 Å². The van der Waals surface area contributed by atoms with Crippen LogP contribution in [0.25, 0.3) is 22.3 Å². The molecule has 0 spiro atoms. The number of fused-ring (bicyclic) bond motifs is 6. The van der Waals surface area contributed by atoms with Gasteiger partial charge in [0.15, 0.2) is 0 Å². The summed E-state index contributed by atoms with van der Waals surface area (Å²) in [4.78, 5) is 27.2. The average Bonchev–Trinajstić information content (AvgIpc) is 3.53. The predicted octanol–water partition coefficient (Wildman–Crippen LogP) is 8.77. The molecule has 4 aromatic rings. The zero-order chi connectivity index (χ0) is 29.5. The van der Waals surface area contributed by atoms with E-state index in [-0.39, 0.29) is 22.6 Å². The number of benzene rings is 4. The minimum atomic E-state index is 0.00898. The first kappa shape index (κ1) is 26.2. The molecule has 4 heteroatoms. The van der Waals surface area contributed by atoms with Crippen LogP contribution in [0.5, 0.6) is 0 Å². The van der Waals surface area contributed by atoms with Gasteiger partial charge in [0.1, 0.15) is 0 Å². The molecule has 44 heavy (non-hydrogen) atoms. The SMILES string of the molecule is O=C(CC12CC3CC(C1)CC(CC(=O)Nc1ccc4c(c1)-c1ccccc1C4)(C3)C2)Nc1ccc2c(c1)-c1ccccc1C2. The minimum absolute atomic E-state index is 0.00898. The second-order valence-electron chi connectivity index (χ2n) is 14.8. The highest BCUT2D eigenvalue weighted by molar-refractivity contribution is 5.94. The molecular weight excluding hydrogens is 540 g/mol. The lowest BCUT2D eigenvalue weighted by Gasteiger charge is -2.62. The van der Waals surface area contributed by atoms with E-state index in [1.165, 1.54) is 50.9 Å². The molecule has 4 fully saturated rings. The zero-order valence-corrected chi connectivity index (χ0v) is 25.1. The first-order chi connectivity index (χ1) is 21.4. The van der Waals surface area contributed by atoms with Gasteiger partial charge in [-0.25, -0.2) is 0 Å². The third-order valence-corrected chi connectivity index (χ3v) is 11.5. The first-order valence-electron chi connectivity index (χ1n) is 16.4. The summed E-state index contributed by atoms with van der Waals surface area (Å²) >= 11 is 0. The second-order valence-corrected chi connectivity index (χ2v) is 14.8. The fraction of sp³-hybridized carbons (Fsp3) is 0.350. The molecule has 6 aliphatic rings. The molecule has 0 saturated heterocycles. The maximum absolute atomic E-state index is 13.6. The molecule has 2 N–H and O–H groups in total. The summed E-state index contributed by atoms with van der Waals surface area (Å²) in [6.45, 7) is 0. The summed E-state index contributed by atoms with van der Waals surface area (Å²) < 4.78 is 0. The lowest BCUT2D eigenvalue weighted by Crippen LogP contribution is -2.53. The van der Waals surface area contributed by atoms with Gasteiger partial charge in [0, 0.05) is 24.2 Å². The van der Waals surface area contributed by atoms with Crippen molar-refractivity contribution in [3.05, 3.63) is 107 Å². The van der Waals surface area contributed by atoms with Crippen molar-refractivity contribution >= 4 is 23.2 Å². The van der Waals surface area contributed by atoms with E-state index in [2.05, 4.69) is 95.6 Å². The summed E-state index contributed by atoms with van der Waals surface area (Å²) in [5.74, 6) is 1.50. The van der Waals surface area contributed by atoms with Crippen molar-refractivity contribution in [1.29, 1.82) is 0 Å². The fourth-order valence-electron chi connectivity index (χ4n) is 10.6. The molecule has 4 bridgehead atoms. The normalized spacial score (nSPS) is 26.5. The number of amides is 2. The number of nitrogens with one attached hydrogen (secondary N) is 2. The van der Waals surface area contributed by atoms with Gasteiger partial charge >= 0.3 is 0 Å². The molecule has 2 amide bonds. The molecule has 0 atom stereocenters. The standard InChI is InChI=1S/C40H38N2O2/c43-37(41-31-11-9-29-14-27-5-1-3-7-33(27)35(29)16-31)22-39-18-25-13-26(19-39)21-40(20-25,24-39)23-38(44)42-32-12-10-30-15-28-6-2-4-8-34(28)36(30)17-32/h1-12,16-17,25-26H,13-15,18-24H2,(H,41,43)(H,42,44). The van der Waals surface area contributed by atoms with E-state index in [1.54, 1.807) is 0 Å². The Morgan fingerprint density at radius 2 is 1.00 bits per heavy atom. The van der Waals surface area contributed by atoms with Gasteiger partial charge in [-0.3, -0.25) is 9.59 Å². The van der Waals surface area contributed by atoms with E-state index in [1.807, 2.05) is 0 Å². The minimum Gasteiger partial charge on any atom is -0.326 e. The van der Waals surface area contributed by atoms with Crippen LogP contribution in [-0.4, -0.2) is 11.8 Å². The largest absolute Gasteiger partial charge is 0.326 e. The number of rotatable bonds is 6. The van der Waals surface area contributed by atoms with Crippen LogP contribution in [0, 0.1) is 22.7 Å². The smallest absolute Gasteiger partial charge is 0.224 e. The molecule has 4 nitrogen and oxygen atoms in total. The van der Waals surface area contributed by atoms with Gasteiger partial charge in [0.2, 0.25) is 11.8 Å². The summed E-state index contributed by atoms with van der Waals surface area (Å²) in [5.41, 5.74) is 12.2. The van der Waals surface area contributed by atoms with Crippen molar-refractivity contribution in [2.24, 2.45) is 22.7 Å². The van der Waals surface area contributed by atoms with Gasteiger partial charge in [-0.05, 0) is 143 Å². The Balaban J connectivity index is 0.895. The Kier molecular flexibility index (Phi) is 5.76. The van der Waals surface area contributed by atoms with Crippen molar-refractivity contribution in [1.82, 2.24) is 0 Å². The van der Waals surface area contributed by atoms with Gasteiger partial charge in [0.05, 0.1) is 0 Å². The van der Waals surface area contributed by atoms with Crippen molar-refractivity contribution in [2.45, 2.75) is 64.2 Å². The van der Waals surface area contributed by atoms with Crippen molar-refractivity contribution in [3.63, 3.8) is 0 Å². The highest BCUT2D eigenvalue weighted by atomic mass is 16.2. The average molecular weight is 579 g/mol. The quantitative estimate of drug-likeness (QED) is 0.208. The fourth-order valence-corrected chi connectivity index (χ4v) is 10.6. The van der Waals surface area contributed by atoms with Crippen molar-refractivity contribution in [2.75, 3.05) is 10.6 Å². The Bertz CT molecular complexity index is 1710. The molecule has 0 radical (unpaired) electrons. The van der Waals surface area contributed by atoms with E-state index < -0.39 is 0 Å².